The number of ether oxygens (including phenoxy) is 2. The van der Waals surface area contributed by atoms with E-state index in [4.69, 9.17) is 9.47 Å². The van der Waals surface area contributed by atoms with Crippen LogP contribution in [0.2, 0.25) is 0 Å². The van der Waals surface area contributed by atoms with Crippen molar-refractivity contribution in [1.29, 1.82) is 0 Å². The molecule has 0 unspecified atom stereocenters. The molecule has 1 aromatic rings. The van der Waals surface area contributed by atoms with Gasteiger partial charge in [0, 0.05) is 25.1 Å². The first kappa shape index (κ1) is 14.7. The van der Waals surface area contributed by atoms with E-state index < -0.39 is 0 Å². The van der Waals surface area contributed by atoms with E-state index in [1.54, 1.807) is 7.11 Å². The second-order valence-electron chi connectivity index (χ2n) is 4.79. The molecular weight excluding hydrogens is 256 g/mol. The van der Waals surface area contributed by atoms with Crippen LogP contribution in [0.15, 0.2) is 24.3 Å². The number of hydrogen-bond acceptors (Lipinski definition) is 3. The summed E-state index contributed by atoms with van der Waals surface area (Å²) in [6.07, 6.45) is 0.958. The molecule has 2 atom stereocenters. The Morgan fingerprint density at radius 3 is 2.95 bits per heavy atom. The average Bonchev–Trinajstić information content (AvgIpc) is 3.22. The van der Waals surface area contributed by atoms with Crippen molar-refractivity contribution in [2.24, 2.45) is 0 Å². The molecule has 2 rings (SSSR count). The lowest BCUT2D eigenvalue weighted by Crippen LogP contribution is -2.38. The van der Waals surface area contributed by atoms with Crippen molar-refractivity contribution in [3.8, 4) is 5.75 Å². The van der Waals surface area contributed by atoms with Crippen LogP contribution in [0.5, 0.6) is 5.75 Å². The van der Waals surface area contributed by atoms with Crippen molar-refractivity contribution in [2.75, 3.05) is 26.9 Å². The summed E-state index contributed by atoms with van der Waals surface area (Å²) in [4.78, 5) is 11.7. The van der Waals surface area contributed by atoms with Gasteiger partial charge >= 0.3 is 6.03 Å². The Bertz CT molecular complexity index is 450. The molecule has 0 aliphatic heterocycles. The fourth-order valence-corrected chi connectivity index (χ4v) is 2.27. The summed E-state index contributed by atoms with van der Waals surface area (Å²) in [5.74, 6) is 1.24. The monoisotopic (exact) mass is 278 g/mol. The van der Waals surface area contributed by atoms with Gasteiger partial charge in [0.1, 0.15) is 5.75 Å². The number of hydrogen-bond donors (Lipinski definition) is 2. The van der Waals surface area contributed by atoms with Crippen LogP contribution in [-0.4, -0.2) is 38.9 Å². The summed E-state index contributed by atoms with van der Waals surface area (Å²) in [6, 6.07) is 8.01. The highest BCUT2D eigenvalue weighted by atomic mass is 16.5. The van der Waals surface area contributed by atoms with Crippen molar-refractivity contribution >= 4 is 6.03 Å². The molecule has 5 heteroatoms. The molecule has 2 N–H and O–H groups in total. The van der Waals surface area contributed by atoms with Crippen molar-refractivity contribution in [2.45, 2.75) is 25.3 Å². The molecule has 1 aromatic carbocycles. The third kappa shape index (κ3) is 3.87. The van der Waals surface area contributed by atoms with E-state index in [0.29, 0.717) is 25.7 Å². The SMILES string of the molecule is CCOCCNC(=O)N[C@H]1C[C@H]1c1ccccc1OC. The molecule has 0 aromatic heterocycles. The zero-order chi connectivity index (χ0) is 14.4. The van der Waals surface area contributed by atoms with Crippen LogP contribution in [0, 0.1) is 0 Å². The zero-order valence-electron chi connectivity index (χ0n) is 12.0. The van der Waals surface area contributed by atoms with Crippen LogP contribution in [0.4, 0.5) is 4.79 Å². The molecule has 0 spiro atoms. The number of nitrogens with one attached hydrogen (secondary N) is 2. The molecular formula is C15H22N2O3. The second kappa shape index (κ2) is 7.14. The topological polar surface area (TPSA) is 59.6 Å². The van der Waals surface area contributed by atoms with Crippen LogP contribution < -0.4 is 15.4 Å². The Balaban J connectivity index is 1.76. The highest BCUT2D eigenvalue weighted by molar-refractivity contribution is 5.75. The second-order valence-corrected chi connectivity index (χ2v) is 4.79. The van der Waals surface area contributed by atoms with Gasteiger partial charge in [-0.25, -0.2) is 4.79 Å². The lowest BCUT2D eigenvalue weighted by Gasteiger charge is -2.09. The fourth-order valence-electron chi connectivity index (χ4n) is 2.27. The standard InChI is InChI=1S/C15H22N2O3/c1-3-20-9-8-16-15(18)17-13-10-12(13)11-6-4-5-7-14(11)19-2/h4-7,12-13H,3,8-10H2,1-2H3,(H2,16,17,18)/t12-,13-/m0/s1. The van der Waals surface area contributed by atoms with Gasteiger partial charge in [-0.05, 0) is 25.0 Å². The number of carbonyl (C=O) groups is 1. The number of carbonyl (C=O) groups excluding carboxylic acids is 1. The molecule has 1 aliphatic carbocycles. The summed E-state index contributed by atoms with van der Waals surface area (Å²) < 4.78 is 10.5. The smallest absolute Gasteiger partial charge is 0.315 e. The van der Waals surface area contributed by atoms with E-state index in [-0.39, 0.29) is 12.1 Å². The first-order valence-corrected chi connectivity index (χ1v) is 7.01. The summed E-state index contributed by atoms with van der Waals surface area (Å²) in [5.41, 5.74) is 1.16. The maximum Gasteiger partial charge on any atom is 0.315 e. The quantitative estimate of drug-likeness (QED) is 0.749. The molecule has 110 valence electrons. The summed E-state index contributed by atoms with van der Waals surface area (Å²) in [6.45, 7) is 3.68. The molecule has 20 heavy (non-hydrogen) atoms. The molecule has 0 heterocycles. The minimum atomic E-state index is -0.132. The maximum absolute atomic E-state index is 11.7. The van der Waals surface area contributed by atoms with Gasteiger partial charge in [-0.1, -0.05) is 18.2 Å². The van der Waals surface area contributed by atoms with Crippen LogP contribution >= 0.6 is 0 Å². The summed E-state index contributed by atoms with van der Waals surface area (Å²) in [5, 5.41) is 5.75. The first-order valence-electron chi connectivity index (χ1n) is 7.01. The minimum absolute atomic E-state index is 0.132. The summed E-state index contributed by atoms with van der Waals surface area (Å²) >= 11 is 0. The van der Waals surface area contributed by atoms with Gasteiger partial charge in [0.05, 0.1) is 13.7 Å². The van der Waals surface area contributed by atoms with Crippen molar-refractivity contribution in [1.82, 2.24) is 10.6 Å². The van der Waals surface area contributed by atoms with E-state index in [0.717, 1.165) is 17.7 Å². The van der Waals surface area contributed by atoms with Gasteiger partial charge in [0.15, 0.2) is 0 Å². The average molecular weight is 278 g/mol. The van der Waals surface area contributed by atoms with Gasteiger partial charge in [-0.2, -0.15) is 0 Å². The molecule has 2 amide bonds. The Labute approximate surface area is 119 Å². The van der Waals surface area contributed by atoms with Crippen LogP contribution in [-0.2, 0) is 4.74 Å². The van der Waals surface area contributed by atoms with Crippen molar-refractivity contribution in [3.05, 3.63) is 29.8 Å². The highest BCUT2D eigenvalue weighted by Gasteiger charge is 2.41. The molecule has 0 radical (unpaired) electrons. The van der Waals surface area contributed by atoms with Crippen molar-refractivity contribution in [3.63, 3.8) is 0 Å². The van der Waals surface area contributed by atoms with Gasteiger partial charge in [-0.3, -0.25) is 0 Å². The van der Waals surface area contributed by atoms with E-state index in [2.05, 4.69) is 16.7 Å². The third-order valence-electron chi connectivity index (χ3n) is 3.38. The number of para-hydroxylation sites is 1. The Hall–Kier alpha value is -1.75. The highest BCUT2D eigenvalue weighted by Crippen LogP contribution is 2.44. The lowest BCUT2D eigenvalue weighted by molar-refractivity contribution is 0.149. The Morgan fingerprint density at radius 1 is 1.40 bits per heavy atom. The fraction of sp³-hybridized carbons (Fsp3) is 0.533. The Kier molecular flexibility index (Phi) is 5.24. The minimum Gasteiger partial charge on any atom is -0.496 e. The third-order valence-corrected chi connectivity index (χ3v) is 3.38. The first-order chi connectivity index (χ1) is 9.76. The van der Waals surface area contributed by atoms with Crippen LogP contribution in [0.3, 0.4) is 0 Å². The van der Waals surface area contributed by atoms with Gasteiger partial charge in [-0.15, -0.1) is 0 Å². The number of benzene rings is 1. The lowest BCUT2D eigenvalue weighted by atomic mass is 10.1. The number of amides is 2. The van der Waals surface area contributed by atoms with E-state index >= 15 is 0 Å². The van der Waals surface area contributed by atoms with Crippen LogP contribution in [0.1, 0.15) is 24.8 Å². The van der Waals surface area contributed by atoms with Gasteiger partial charge in [0.2, 0.25) is 0 Å². The number of methoxy groups -OCH3 is 1. The maximum atomic E-state index is 11.7. The van der Waals surface area contributed by atoms with E-state index in [9.17, 15) is 4.79 Å². The predicted octanol–water partition coefficient (Wildman–Crippen LogP) is 1.89. The zero-order valence-corrected chi connectivity index (χ0v) is 12.0. The summed E-state index contributed by atoms with van der Waals surface area (Å²) in [7, 11) is 1.67. The van der Waals surface area contributed by atoms with Crippen LogP contribution in [0.25, 0.3) is 0 Å². The molecule has 0 saturated heterocycles. The number of urea groups is 1. The largest absolute Gasteiger partial charge is 0.496 e. The van der Waals surface area contributed by atoms with Gasteiger partial charge < -0.3 is 20.1 Å². The normalized spacial score (nSPS) is 20.3. The molecule has 5 nitrogen and oxygen atoms in total. The Morgan fingerprint density at radius 2 is 2.20 bits per heavy atom. The molecule has 1 aliphatic rings. The molecule has 1 saturated carbocycles. The van der Waals surface area contributed by atoms with Crippen molar-refractivity contribution < 1.29 is 14.3 Å². The predicted molar refractivity (Wildman–Crippen MR) is 77.2 cm³/mol. The van der Waals surface area contributed by atoms with E-state index in [1.807, 2.05) is 25.1 Å². The van der Waals surface area contributed by atoms with Gasteiger partial charge in [0.25, 0.3) is 0 Å². The number of rotatable bonds is 7. The molecule has 0 bridgehead atoms. The van der Waals surface area contributed by atoms with E-state index in [1.165, 1.54) is 0 Å². The molecule has 1 fully saturated rings.